The smallest absolute Gasteiger partial charge is 0.332 e. The van der Waals surface area contributed by atoms with Crippen molar-refractivity contribution in [2.24, 2.45) is 14.1 Å². The summed E-state index contributed by atoms with van der Waals surface area (Å²) in [6.07, 6.45) is 8.91. The number of rotatable bonds is 6. The first-order valence-corrected chi connectivity index (χ1v) is 10.3. The fraction of sp³-hybridized carbons (Fsp3) is 0.545. The maximum Gasteiger partial charge on any atom is 0.332 e. The summed E-state index contributed by atoms with van der Waals surface area (Å²) < 4.78 is 2.50. The fourth-order valence-corrected chi connectivity index (χ4v) is 4.13. The minimum atomic E-state index is -0.394. The second-order valence-electron chi connectivity index (χ2n) is 7.91. The average molecular weight is 399 g/mol. The molecular formula is C22H30N4O3. The lowest BCUT2D eigenvalue weighted by Gasteiger charge is -2.15. The number of carbonyl (C=O) groups excluding carboxylic acids is 1. The molecule has 0 radical (unpaired) electrons. The van der Waals surface area contributed by atoms with Gasteiger partial charge in [0, 0.05) is 32.8 Å². The summed E-state index contributed by atoms with van der Waals surface area (Å²) in [6.45, 7) is 4.39. The summed E-state index contributed by atoms with van der Waals surface area (Å²) in [4.78, 5) is 41.6. The molecule has 0 spiro atoms. The van der Waals surface area contributed by atoms with Crippen LogP contribution in [0.25, 0.3) is 11.0 Å². The van der Waals surface area contributed by atoms with Gasteiger partial charge in [0.1, 0.15) is 5.65 Å². The molecule has 7 nitrogen and oxygen atoms in total. The zero-order chi connectivity index (χ0) is 21.1. The Morgan fingerprint density at radius 3 is 2.59 bits per heavy atom. The molecule has 2 heterocycles. The molecule has 0 aliphatic heterocycles. The van der Waals surface area contributed by atoms with E-state index in [-0.39, 0.29) is 11.5 Å². The molecule has 0 atom stereocenters. The number of aromatic nitrogens is 3. The van der Waals surface area contributed by atoms with E-state index in [9.17, 15) is 14.4 Å². The number of aryl methyl sites for hydroxylation is 3. The number of hydrogen-bond acceptors (Lipinski definition) is 4. The second-order valence-corrected chi connectivity index (χ2v) is 7.91. The van der Waals surface area contributed by atoms with Crippen molar-refractivity contribution in [2.45, 2.75) is 58.8 Å². The van der Waals surface area contributed by atoms with Gasteiger partial charge in [-0.15, -0.1) is 0 Å². The van der Waals surface area contributed by atoms with Crippen molar-refractivity contribution in [3.8, 4) is 0 Å². The predicted octanol–water partition coefficient (Wildman–Crippen LogP) is 2.19. The van der Waals surface area contributed by atoms with Gasteiger partial charge in [0.15, 0.2) is 0 Å². The first kappa shape index (κ1) is 21.0. The number of pyridine rings is 1. The van der Waals surface area contributed by atoms with Crippen LogP contribution in [0.5, 0.6) is 0 Å². The van der Waals surface area contributed by atoms with Gasteiger partial charge in [-0.25, -0.2) is 9.78 Å². The Morgan fingerprint density at radius 2 is 1.90 bits per heavy atom. The largest absolute Gasteiger partial charge is 0.356 e. The topological polar surface area (TPSA) is 86.0 Å². The van der Waals surface area contributed by atoms with Crippen molar-refractivity contribution in [3.05, 3.63) is 49.3 Å². The minimum absolute atomic E-state index is 0.00803. The third-order valence-corrected chi connectivity index (χ3v) is 5.93. The van der Waals surface area contributed by atoms with Gasteiger partial charge in [0.05, 0.1) is 5.39 Å². The van der Waals surface area contributed by atoms with E-state index in [0.717, 1.165) is 40.7 Å². The maximum absolute atomic E-state index is 12.6. The first-order valence-electron chi connectivity index (χ1n) is 10.3. The number of carbonyl (C=O) groups is 1. The molecule has 0 saturated carbocycles. The van der Waals surface area contributed by atoms with Crippen LogP contribution in [0.1, 0.15) is 55.3 Å². The lowest BCUT2D eigenvalue weighted by Crippen LogP contribution is -2.38. The number of nitrogens with zero attached hydrogens (tertiary/aromatic N) is 3. The maximum atomic E-state index is 12.6. The van der Waals surface area contributed by atoms with E-state index in [1.54, 1.807) is 7.05 Å². The molecule has 2 aromatic heterocycles. The van der Waals surface area contributed by atoms with E-state index in [2.05, 4.69) is 16.4 Å². The van der Waals surface area contributed by atoms with Gasteiger partial charge in [0.25, 0.3) is 5.56 Å². The highest BCUT2D eigenvalue weighted by atomic mass is 16.2. The summed E-state index contributed by atoms with van der Waals surface area (Å²) in [5.41, 5.74) is 3.54. The molecule has 0 bridgehead atoms. The van der Waals surface area contributed by atoms with Gasteiger partial charge in [-0.1, -0.05) is 11.6 Å². The molecule has 1 N–H and O–H groups in total. The lowest BCUT2D eigenvalue weighted by molar-refractivity contribution is -0.121. The van der Waals surface area contributed by atoms with Crippen molar-refractivity contribution in [3.63, 3.8) is 0 Å². The monoisotopic (exact) mass is 398 g/mol. The van der Waals surface area contributed by atoms with E-state index < -0.39 is 5.69 Å². The van der Waals surface area contributed by atoms with Crippen LogP contribution in [0, 0.1) is 13.8 Å². The Labute approximate surface area is 170 Å². The van der Waals surface area contributed by atoms with Gasteiger partial charge in [0.2, 0.25) is 5.91 Å². The molecular weight excluding hydrogens is 368 g/mol. The number of amides is 1. The number of allylic oxidation sites excluding steroid dienone is 1. The second kappa shape index (κ2) is 8.76. The Balaban J connectivity index is 1.73. The van der Waals surface area contributed by atoms with E-state index in [1.807, 2.05) is 13.8 Å². The Bertz CT molecular complexity index is 1090. The highest BCUT2D eigenvalue weighted by molar-refractivity contribution is 5.80. The molecule has 156 valence electrons. The van der Waals surface area contributed by atoms with Gasteiger partial charge in [-0.3, -0.25) is 18.7 Å². The van der Waals surface area contributed by atoms with Crippen LogP contribution in [0.3, 0.4) is 0 Å². The van der Waals surface area contributed by atoms with Crippen LogP contribution in [-0.4, -0.2) is 26.6 Å². The summed E-state index contributed by atoms with van der Waals surface area (Å²) >= 11 is 0. The summed E-state index contributed by atoms with van der Waals surface area (Å²) in [6, 6.07) is 0. The number of fused-ring (bicyclic) bond motifs is 1. The molecule has 0 unspecified atom stereocenters. The number of nitrogens with one attached hydrogen (secondary N) is 1. The third kappa shape index (κ3) is 4.33. The van der Waals surface area contributed by atoms with E-state index in [0.29, 0.717) is 30.4 Å². The highest BCUT2D eigenvalue weighted by Gasteiger charge is 2.17. The van der Waals surface area contributed by atoms with Crippen molar-refractivity contribution < 1.29 is 4.79 Å². The van der Waals surface area contributed by atoms with Crippen LogP contribution >= 0.6 is 0 Å². The summed E-state index contributed by atoms with van der Waals surface area (Å²) in [5.74, 6) is 0.00803. The minimum Gasteiger partial charge on any atom is -0.356 e. The highest BCUT2D eigenvalue weighted by Crippen LogP contribution is 2.21. The van der Waals surface area contributed by atoms with Crippen LogP contribution < -0.4 is 16.6 Å². The molecule has 0 aromatic carbocycles. The predicted molar refractivity (Wildman–Crippen MR) is 114 cm³/mol. The quantitative estimate of drug-likeness (QED) is 0.756. The summed E-state index contributed by atoms with van der Waals surface area (Å²) in [5, 5.41) is 3.45. The van der Waals surface area contributed by atoms with E-state index >= 15 is 0 Å². The molecule has 1 aliphatic carbocycles. The fourth-order valence-electron chi connectivity index (χ4n) is 4.13. The molecule has 7 heteroatoms. The zero-order valence-electron chi connectivity index (χ0n) is 17.8. The van der Waals surface area contributed by atoms with Gasteiger partial charge < -0.3 is 5.32 Å². The molecule has 0 fully saturated rings. The van der Waals surface area contributed by atoms with Crippen LogP contribution in [-0.2, 0) is 25.3 Å². The standard InChI is InChI=1S/C22H30N4O3/c1-14-17(10-11-18(27)23-13-12-16-8-6-5-7-9-16)15(2)24-20-19(14)21(28)26(4)22(29)25(20)3/h8H,5-7,9-13H2,1-4H3,(H,23,27). The van der Waals surface area contributed by atoms with Gasteiger partial charge in [-0.05, 0) is 63.5 Å². The molecule has 29 heavy (non-hydrogen) atoms. The van der Waals surface area contributed by atoms with E-state index in [1.165, 1.54) is 30.0 Å². The zero-order valence-corrected chi connectivity index (χ0v) is 17.8. The van der Waals surface area contributed by atoms with Crippen LogP contribution in [0.4, 0.5) is 0 Å². The molecule has 3 rings (SSSR count). The third-order valence-electron chi connectivity index (χ3n) is 5.93. The Kier molecular flexibility index (Phi) is 6.35. The SMILES string of the molecule is Cc1nc2c(c(C)c1CCC(=O)NCCC1=CCCCC1)c(=O)n(C)c(=O)n2C. The molecule has 1 aliphatic rings. The number of hydrogen-bond donors (Lipinski definition) is 1. The van der Waals surface area contributed by atoms with E-state index in [4.69, 9.17) is 0 Å². The Morgan fingerprint density at radius 1 is 1.14 bits per heavy atom. The molecule has 0 saturated heterocycles. The average Bonchev–Trinajstić information content (AvgIpc) is 2.71. The summed E-state index contributed by atoms with van der Waals surface area (Å²) in [7, 11) is 3.09. The van der Waals surface area contributed by atoms with Crippen molar-refractivity contribution in [2.75, 3.05) is 6.54 Å². The molecule has 1 amide bonds. The van der Waals surface area contributed by atoms with Crippen molar-refractivity contribution >= 4 is 16.9 Å². The molecule has 2 aromatic rings. The van der Waals surface area contributed by atoms with Gasteiger partial charge >= 0.3 is 5.69 Å². The first-order chi connectivity index (χ1) is 13.8. The van der Waals surface area contributed by atoms with Crippen molar-refractivity contribution in [1.29, 1.82) is 0 Å². The van der Waals surface area contributed by atoms with Crippen LogP contribution in [0.15, 0.2) is 21.2 Å². The lowest BCUT2D eigenvalue weighted by atomic mass is 9.97. The normalized spacial score (nSPS) is 14.1. The van der Waals surface area contributed by atoms with Gasteiger partial charge in [-0.2, -0.15) is 0 Å². The van der Waals surface area contributed by atoms with Crippen LogP contribution in [0.2, 0.25) is 0 Å². The van der Waals surface area contributed by atoms with Crippen molar-refractivity contribution in [1.82, 2.24) is 19.4 Å². The Hall–Kier alpha value is -2.70.